The zero-order valence-electron chi connectivity index (χ0n) is 17.3. The van der Waals surface area contributed by atoms with Crippen LogP contribution in [0.1, 0.15) is 31.0 Å². The smallest absolute Gasteiger partial charge is 0.221 e. The molecule has 4 rings (SSSR count). The van der Waals surface area contributed by atoms with Gasteiger partial charge in [0.15, 0.2) is 0 Å². The van der Waals surface area contributed by atoms with Crippen molar-refractivity contribution in [1.82, 2.24) is 14.9 Å². The molecule has 1 fully saturated rings. The third-order valence-electron chi connectivity index (χ3n) is 5.79. The lowest BCUT2D eigenvalue weighted by atomic mass is 9.76. The molecule has 3 aromatic rings. The Bertz CT molecular complexity index is 1000. The molecule has 5 heteroatoms. The number of benzene rings is 1. The van der Waals surface area contributed by atoms with Crippen LogP contribution in [0.3, 0.4) is 0 Å². The molecular weight excluding hydrogens is 372 g/mol. The van der Waals surface area contributed by atoms with Crippen molar-refractivity contribution in [3.63, 3.8) is 0 Å². The number of nitriles is 1. The van der Waals surface area contributed by atoms with Gasteiger partial charge >= 0.3 is 0 Å². The molecule has 152 valence electrons. The van der Waals surface area contributed by atoms with Crippen LogP contribution < -0.4 is 4.74 Å². The molecule has 5 nitrogen and oxygen atoms in total. The molecule has 30 heavy (non-hydrogen) atoms. The first-order valence-electron chi connectivity index (χ1n) is 10.5. The molecule has 0 N–H and O–H groups in total. The highest BCUT2D eigenvalue weighted by atomic mass is 16.5. The van der Waals surface area contributed by atoms with Crippen LogP contribution in [-0.4, -0.2) is 34.6 Å². The van der Waals surface area contributed by atoms with Crippen molar-refractivity contribution >= 4 is 0 Å². The Balaban J connectivity index is 1.49. The van der Waals surface area contributed by atoms with E-state index in [2.05, 4.69) is 40.2 Å². The normalized spacial score (nSPS) is 16.0. The van der Waals surface area contributed by atoms with E-state index in [-0.39, 0.29) is 0 Å². The maximum atomic E-state index is 10.0. The van der Waals surface area contributed by atoms with E-state index in [0.717, 1.165) is 49.3 Å². The van der Waals surface area contributed by atoms with E-state index in [0.29, 0.717) is 12.5 Å². The number of piperidine rings is 1. The Labute approximate surface area is 178 Å². The summed E-state index contributed by atoms with van der Waals surface area (Å²) in [4.78, 5) is 11.4. The van der Waals surface area contributed by atoms with Gasteiger partial charge in [0, 0.05) is 43.2 Å². The average molecular weight is 399 g/mol. The molecule has 0 unspecified atom stereocenters. The minimum Gasteiger partial charge on any atom is -0.478 e. The highest BCUT2D eigenvalue weighted by molar-refractivity contribution is 5.67. The summed E-state index contributed by atoms with van der Waals surface area (Å²) in [6.07, 6.45) is 5.15. The number of hydrogen-bond donors (Lipinski definition) is 0. The molecule has 0 spiro atoms. The number of nitrogens with zero attached hydrogens (tertiary/aromatic N) is 4. The van der Waals surface area contributed by atoms with Crippen molar-refractivity contribution in [2.24, 2.45) is 0 Å². The van der Waals surface area contributed by atoms with Gasteiger partial charge in [0.1, 0.15) is 5.41 Å². The minimum absolute atomic E-state index is 0.524. The Kier molecular flexibility index (Phi) is 6.06. The van der Waals surface area contributed by atoms with E-state index < -0.39 is 5.41 Å². The van der Waals surface area contributed by atoms with Gasteiger partial charge < -0.3 is 4.74 Å². The molecule has 0 bridgehead atoms. The van der Waals surface area contributed by atoms with Crippen LogP contribution in [-0.2, 0) is 12.0 Å². The number of rotatable bonds is 6. The lowest BCUT2D eigenvalue weighted by Crippen LogP contribution is -2.41. The summed E-state index contributed by atoms with van der Waals surface area (Å²) in [5.41, 5.74) is 3.51. The van der Waals surface area contributed by atoms with Gasteiger partial charge in [-0.05, 0) is 43.5 Å². The van der Waals surface area contributed by atoms with Crippen molar-refractivity contribution < 1.29 is 4.74 Å². The standard InChI is InChI=1S/C25H26N4O/c1-2-30-24-22(9-6-14-27-24)21-10-11-23(28-17-21)25(19-26)12-15-29(16-13-25)18-20-7-4-3-5-8-20/h3-11,14,17H,2,12-13,15-16,18H2,1H3. The van der Waals surface area contributed by atoms with Crippen LogP contribution in [0.25, 0.3) is 11.1 Å². The molecule has 1 saturated heterocycles. The summed E-state index contributed by atoms with van der Waals surface area (Å²) >= 11 is 0. The number of hydrogen-bond acceptors (Lipinski definition) is 5. The highest BCUT2D eigenvalue weighted by Gasteiger charge is 2.37. The Morgan fingerprint density at radius 1 is 1.03 bits per heavy atom. The minimum atomic E-state index is -0.524. The topological polar surface area (TPSA) is 62.0 Å². The number of pyridine rings is 2. The predicted molar refractivity (Wildman–Crippen MR) is 117 cm³/mol. The number of aromatic nitrogens is 2. The van der Waals surface area contributed by atoms with E-state index in [1.807, 2.05) is 43.5 Å². The zero-order chi connectivity index (χ0) is 20.8. The maximum absolute atomic E-state index is 10.0. The summed E-state index contributed by atoms with van der Waals surface area (Å²) in [5.74, 6) is 0.610. The molecule has 2 aromatic heterocycles. The number of ether oxygens (including phenoxy) is 1. The lowest BCUT2D eigenvalue weighted by molar-refractivity contribution is 0.177. The van der Waals surface area contributed by atoms with Crippen molar-refractivity contribution in [2.45, 2.75) is 31.7 Å². The maximum Gasteiger partial charge on any atom is 0.221 e. The lowest BCUT2D eigenvalue weighted by Gasteiger charge is -2.37. The quantitative estimate of drug-likeness (QED) is 0.607. The van der Waals surface area contributed by atoms with Crippen LogP contribution in [0.2, 0.25) is 0 Å². The Morgan fingerprint density at radius 3 is 2.50 bits per heavy atom. The Morgan fingerprint density at radius 2 is 1.83 bits per heavy atom. The van der Waals surface area contributed by atoms with Crippen molar-refractivity contribution in [3.05, 3.63) is 78.2 Å². The summed E-state index contributed by atoms with van der Waals surface area (Å²) in [7, 11) is 0. The van der Waals surface area contributed by atoms with Gasteiger partial charge in [0.2, 0.25) is 5.88 Å². The van der Waals surface area contributed by atoms with Gasteiger partial charge in [0.05, 0.1) is 18.4 Å². The van der Waals surface area contributed by atoms with Gasteiger partial charge in [0.25, 0.3) is 0 Å². The first-order valence-corrected chi connectivity index (χ1v) is 10.5. The van der Waals surface area contributed by atoms with E-state index in [9.17, 15) is 5.26 Å². The molecule has 0 saturated carbocycles. The molecule has 0 aliphatic carbocycles. The molecule has 0 amide bonds. The van der Waals surface area contributed by atoms with Crippen LogP contribution in [0, 0.1) is 11.3 Å². The fourth-order valence-electron chi connectivity index (χ4n) is 4.06. The van der Waals surface area contributed by atoms with Gasteiger partial charge in [-0.1, -0.05) is 36.4 Å². The fourth-order valence-corrected chi connectivity index (χ4v) is 4.06. The molecule has 0 atom stereocenters. The second kappa shape index (κ2) is 9.06. The van der Waals surface area contributed by atoms with E-state index >= 15 is 0 Å². The second-order valence-electron chi connectivity index (χ2n) is 7.68. The van der Waals surface area contributed by atoms with Crippen LogP contribution in [0.4, 0.5) is 0 Å². The summed E-state index contributed by atoms with van der Waals surface area (Å²) in [6.45, 7) is 5.22. The van der Waals surface area contributed by atoms with Crippen LogP contribution in [0.15, 0.2) is 67.0 Å². The van der Waals surface area contributed by atoms with Gasteiger partial charge in [-0.2, -0.15) is 5.26 Å². The van der Waals surface area contributed by atoms with Gasteiger partial charge in [-0.15, -0.1) is 0 Å². The van der Waals surface area contributed by atoms with Crippen LogP contribution >= 0.6 is 0 Å². The number of likely N-dealkylation sites (tertiary alicyclic amines) is 1. The third kappa shape index (κ3) is 4.19. The molecule has 0 radical (unpaired) electrons. The van der Waals surface area contributed by atoms with E-state index in [1.165, 1.54) is 5.56 Å². The van der Waals surface area contributed by atoms with E-state index in [1.54, 1.807) is 6.20 Å². The van der Waals surface area contributed by atoms with Crippen molar-refractivity contribution in [1.29, 1.82) is 5.26 Å². The van der Waals surface area contributed by atoms with Crippen molar-refractivity contribution in [3.8, 4) is 23.1 Å². The van der Waals surface area contributed by atoms with Gasteiger partial charge in [-0.25, -0.2) is 4.98 Å². The zero-order valence-corrected chi connectivity index (χ0v) is 17.3. The molecule has 1 aliphatic heterocycles. The van der Waals surface area contributed by atoms with Crippen LogP contribution in [0.5, 0.6) is 5.88 Å². The first-order chi connectivity index (χ1) is 14.7. The molecule has 1 aromatic carbocycles. The molecule has 1 aliphatic rings. The predicted octanol–water partition coefficient (Wildman–Crippen LogP) is 4.60. The second-order valence-corrected chi connectivity index (χ2v) is 7.68. The highest BCUT2D eigenvalue weighted by Crippen LogP contribution is 2.35. The summed E-state index contributed by atoms with van der Waals surface area (Å²) < 4.78 is 5.64. The first kappa shape index (κ1) is 20.1. The van der Waals surface area contributed by atoms with Crippen molar-refractivity contribution in [2.75, 3.05) is 19.7 Å². The summed E-state index contributed by atoms with van der Waals surface area (Å²) in [5, 5.41) is 10.0. The monoisotopic (exact) mass is 398 g/mol. The Hall–Kier alpha value is -3.23. The fraction of sp³-hybridized carbons (Fsp3) is 0.320. The molecular formula is C25H26N4O. The largest absolute Gasteiger partial charge is 0.478 e. The summed E-state index contributed by atoms with van der Waals surface area (Å²) in [6, 6.07) is 21.0. The van der Waals surface area contributed by atoms with E-state index in [4.69, 9.17) is 9.72 Å². The van der Waals surface area contributed by atoms with Gasteiger partial charge in [-0.3, -0.25) is 9.88 Å². The average Bonchev–Trinajstić information content (AvgIpc) is 2.81. The SMILES string of the molecule is CCOc1ncccc1-c1ccc(C2(C#N)CCN(Cc3ccccc3)CC2)nc1. The molecule has 3 heterocycles. The third-order valence-corrected chi connectivity index (χ3v) is 5.79.